The van der Waals surface area contributed by atoms with Gasteiger partial charge in [0.1, 0.15) is 5.75 Å². The Morgan fingerprint density at radius 3 is 2.68 bits per heavy atom. The summed E-state index contributed by atoms with van der Waals surface area (Å²) in [5, 5.41) is 13.2. The molecule has 2 rings (SSSR count). The van der Waals surface area contributed by atoms with E-state index in [2.05, 4.69) is 30.4 Å². The fraction of sp³-hybridized carbons (Fsp3) is 0.250. The summed E-state index contributed by atoms with van der Waals surface area (Å²) >= 11 is 5.90. The molecule has 0 unspecified atom stereocenters. The molecule has 0 bridgehead atoms. The van der Waals surface area contributed by atoms with Crippen LogP contribution >= 0.6 is 11.6 Å². The fourth-order valence-corrected chi connectivity index (χ4v) is 2.24. The topological polar surface area (TPSA) is 32.3 Å². The smallest absolute Gasteiger partial charge is 0.134 e. The number of para-hydroxylation sites is 1. The number of hydrogen-bond acceptors (Lipinski definition) is 2. The Balaban J connectivity index is 2.07. The number of halogens is 1. The van der Waals surface area contributed by atoms with Crippen molar-refractivity contribution < 1.29 is 5.11 Å². The van der Waals surface area contributed by atoms with E-state index >= 15 is 0 Å². The van der Waals surface area contributed by atoms with E-state index in [9.17, 15) is 5.11 Å². The van der Waals surface area contributed by atoms with E-state index in [1.807, 2.05) is 12.1 Å². The summed E-state index contributed by atoms with van der Waals surface area (Å²) < 4.78 is 0. The first kappa shape index (κ1) is 13.8. The molecular weight excluding hydrogens is 258 g/mol. The van der Waals surface area contributed by atoms with Gasteiger partial charge in [-0.25, -0.2) is 0 Å². The van der Waals surface area contributed by atoms with Crippen molar-refractivity contribution in [3.63, 3.8) is 0 Å². The van der Waals surface area contributed by atoms with Gasteiger partial charge in [-0.1, -0.05) is 49.2 Å². The molecule has 0 heterocycles. The van der Waals surface area contributed by atoms with Crippen molar-refractivity contribution in [1.82, 2.24) is 0 Å². The van der Waals surface area contributed by atoms with Gasteiger partial charge in [0, 0.05) is 12.2 Å². The van der Waals surface area contributed by atoms with Gasteiger partial charge in [0.2, 0.25) is 0 Å². The third-order valence-corrected chi connectivity index (χ3v) is 3.33. The summed E-state index contributed by atoms with van der Waals surface area (Å²) in [5.41, 5.74) is 3.54. The molecule has 2 aromatic rings. The Labute approximate surface area is 119 Å². The predicted octanol–water partition coefficient (Wildman–Crippen LogP) is 4.61. The Kier molecular flexibility index (Phi) is 4.69. The summed E-state index contributed by atoms with van der Waals surface area (Å²) in [4.78, 5) is 0. The fourth-order valence-electron chi connectivity index (χ4n) is 2.04. The van der Waals surface area contributed by atoms with E-state index < -0.39 is 0 Å². The zero-order valence-corrected chi connectivity index (χ0v) is 11.7. The highest BCUT2D eigenvalue weighted by Crippen LogP contribution is 2.24. The van der Waals surface area contributed by atoms with Crippen molar-refractivity contribution in [2.45, 2.75) is 26.3 Å². The van der Waals surface area contributed by atoms with Crippen molar-refractivity contribution in [3.8, 4) is 5.75 Å². The lowest BCUT2D eigenvalue weighted by molar-refractivity contribution is 0.475. The van der Waals surface area contributed by atoms with Crippen LogP contribution in [-0.2, 0) is 13.0 Å². The number of hydrogen-bond donors (Lipinski definition) is 2. The molecule has 0 saturated heterocycles. The van der Waals surface area contributed by atoms with Crippen LogP contribution in [0.15, 0.2) is 42.5 Å². The number of phenolic OH excluding ortho intramolecular Hbond substituents is 1. The first-order valence-corrected chi connectivity index (χ1v) is 6.87. The number of nitrogens with one attached hydrogen (secondary N) is 1. The molecule has 0 aliphatic carbocycles. The maximum atomic E-state index is 9.39. The molecule has 100 valence electrons. The van der Waals surface area contributed by atoms with Gasteiger partial charge in [0.25, 0.3) is 0 Å². The molecule has 3 heteroatoms. The van der Waals surface area contributed by atoms with E-state index in [-0.39, 0.29) is 5.75 Å². The summed E-state index contributed by atoms with van der Waals surface area (Å²) in [5.74, 6) is 0.122. The average molecular weight is 276 g/mol. The first-order chi connectivity index (χ1) is 9.20. The quantitative estimate of drug-likeness (QED) is 0.835. The highest BCUT2D eigenvalue weighted by atomic mass is 35.5. The lowest BCUT2D eigenvalue weighted by atomic mass is 10.1. The molecule has 19 heavy (non-hydrogen) atoms. The van der Waals surface area contributed by atoms with Crippen LogP contribution in [0.4, 0.5) is 5.69 Å². The molecule has 0 radical (unpaired) electrons. The van der Waals surface area contributed by atoms with Crippen molar-refractivity contribution in [3.05, 3.63) is 58.6 Å². The minimum absolute atomic E-state index is 0.122. The maximum Gasteiger partial charge on any atom is 0.134 e. The second-order valence-corrected chi connectivity index (χ2v) is 4.95. The Bertz CT molecular complexity index is 554. The Morgan fingerprint density at radius 1 is 1.16 bits per heavy atom. The third-order valence-electron chi connectivity index (χ3n) is 3.03. The lowest BCUT2D eigenvalue weighted by Crippen LogP contribution is -2.02. The lowest BCUT2D eigenvalue weighted by Gasteiger charge is -2.12. The van der Waals surface area contributed by atoms with Gasteiger partial charge < -0.3 is 10.4 Å². The van der Waals surface area contributed by atoms with Crippen molar-refractivity contribution in [2.24, 2.45) is 0 Å². The van der Waals surface area contributed by atoms with Crippen LogP contribution in [0.5, 0.6) is 5.75 Å². The van der Waals surface area contributed by atoms with Crippen molar-refractivity contribution >= 4 is 17.3 Å². The largest absolute Gasteiger partial charge is 0.506 e. The maximum absolute atomic E-state index is 9.39. The molecule has 0 aromatic heterocycles. The average Bonchev–Trinajstić information content (AvgIpc) is 2.42. The Hall–Kier alpha value is -1.67. The van der Waals surface area contributed by atoms with Crippen LogP contribution in [0.25, 0.3) is 0 Å². The number of rotatable bonds is 5. The highest BCUT2D eigenvalue weighted by molar-refractivity contribution is 6.32. The summed E-state index contributed by atoms with van der Waals surface area (Å²) in [6.45, 7) is 2.87. The summed E-state index contributed by atoms with van der Waals surface area (Å²) in [6, 6.07) is 13.6. The highest BCUT2D eigenvalue weighted by Gasteiger charge is 2.02. The zero-order chi connectivity index (χ0) is 13.7. The molecule has 0 spiro atoms. The zero-order valence-electron chi connectivity index (χ0n) is 11.0. The number of aromatic hydroxyl groups is 1. The molecule has 2 N–H and O–H groups in total. The van der Waals surface area contributed by atoms with E-state index in [1.165, 1.54) is 5.56 Å². The standard InChI is InChI=1S/C16H18ClNO/c1-2-5-13-6-3-4-7-15(13)18-11-12-8-9-16(19)14(17)10-12/h3-4,6-10,18-19H,2,5,11H2,1H3. The first-order valence-electron chi connectivity index (χ1n) is 6.50. The van der Waals surface area contributed by atoms with Crippen LogP contribution in [0.2, 0.25) is 5.02 Å². The van der Waals surface area contributed by atoms with Crippen molar-refractivity contribution in [2.75, 3.05) is 5.32 Å². The number of aryl methyl sites for hydroxylation is 1. The van der Waals surface area contributed by atoms with Crippen LogP contribution in [-0.4, -0.2) is 5.11 Å². The van der Waals surface area contributed by atoms with Gasteiger partial charge in [0.15, 0.2) is 0 Å². The molecule has 0 atom stereocenters. The second-order valence-electron chi connectivity index (χ2n) is 4.55. The normalized spacial score (nSPS) is 10.4. The number of phenols is 1. The molecule has 0 aliphatic heterocycles. The van der Waals surface area contributed by atoms with Crippen molar-refractivity contribution in [1.29, 1.82) is 0 Å². The second kappa shape index (κ2) is 6.48. The van der Waals surface area contributed by atoms with Gasteiger partial charge in [-0.05, 0) is 35.7 Å². The molecular formula is C16H18ClNO. The molecule has 0 saturated carbocycles. The minimum Gasteiger partial charge on any atom is -0.506 e. The molecule has 0 aliphatic rings. The monoisotopic (exact) mass is 275 g/mol. The summed E-state index contributed by atoms with van der Waals surface area (Å²) in [6.07, 6.45) is 2.20. The van der Waals surface area contributed by atoms with Crippen LogP contribution in [0.3, 0.4) is 0 Å². The van der Waals surface area contributed by atoms with E-state index in [0.717, 1.165) is 24.1 Å². The van der Waals surface area contributed by atoms with Crippen LogP contribution in [0.1, 0.15) is 24.5 Å². The molecule has 2 nitrogen and oxygen atoms in total. The van der Waals surface area contributed by atoms with E-state index in [1.54, 1.807) is 12.1 Å². The molecule has 0 amide bonds. The number of benzene rings is 2. The minimum atomic E-state index is 0.122. The Morgan fingerprint density at radius 2 is 1.95 bits per heavy atom. The number of anilines is 1. The molecule has 2 aromatic carbocycles. The molecule has 0 fully saturated rings. The van der Waals surface area contributed by atoms with Gasteiger partial charge >= 0.3 is 0 Å². The van der Waals surface area contributed by atoms with E-state index in [4.69, 9.17) is 11.6 Å². The van der Waals surface area contributed by atoms with Gasteiger partial charge in [0.05, 0.1) is 5.02 Å². The SMILES string of the molecule is CCCc1ccccc1NCc1ccc(O)c(Cl)c1. The van der Waals surface area contributed by atoms with Crippen LogP contribution < -0.4 is 5.32 Å². The van der Waals surface area contributed by atoms with Gasteiger partial charge in [-0.15, -0.1) is 0 Å². The van der Waals surface area contributed by atoms with Gasteiger partial charge in [-0.2, -0.15) is 0 Å². The summed E-state index contributed by atoms with van der Waals surface area (Å²) in [7, 11) is 0. The predicted molar refractivity (Wildman–Crippen MR) is 80.9 cm³/mol. The van der Waals surface area contributed by atoms with E-state index in [0.29, 0.717) is 11.6 Å². The van der Waals surface area contributed by atoms with Crippen LogP contribution in [0, 0.1) is 0 Å². The van der Waals surface area contributed by atoms with Gasteiger partial charge in [-0.3, -0.25) is 0 Å². The third kappa shape index (κ3) is 3.65.